The minimum absolute atomic E-state index is 0.0138. The van der Waals surface area contributed by atoms with E-state index < -0.39 is 0 Å². The largest absolute Gasteiger partial charge is 0.508 e. The number of carbonyl (C=O) groups is 3. The predicted octanol–water partition coefficient (Wildman–Crippen LogP) is 6.88. The summed E-state index contributed by atoms with van der Waals surface area (Å²) in [7, 11) is 1.98. The molecule has 0 unspecified atom stereocenters. The monoisotopic (exact) mass is 1130 g/mol. The van der Waals surface area contributed by atoms with Gasteiger partial charge in [0.05, 0.1) is 53.1 Å². The molecule has 0 bridgehead atoms. The van der Waals surface area contributed by atoms with Crippen molar-refractivity contribution in [2.75, 3.05) is 88.9 Å². The number of hydrogen-bond donors (Lipinski definition) is 3. The van der Waals surface area contributed by atoms with Gasteiger partial charge in [-0.2, -0.15) is 15.2 Å². The molecular formula is C61H70ClN13O7. The van der Waals surface area contributed by atoms with Gasteiger partial charge in [0, 0.05) is 93.6 Å². The molecule has 7 heterocycles. The zero-order valence-corrected chi connectivity index (χ0v) is 47.5. The van der Waals surface area contributed by atoms with Crippen LogP contribution in [-0.2, 0) is 33.9 Å². The molecule has 3 N–H and O–H groups in total. The van der Waals surface area contributed by atoms with Gasteiger partial charge >= 0.3 is 12.0 Å². The number of carbonyl (C=O) groups excluding carboxylic acids is 3. The Hall–Kier alpha value is -7.99. The molecule has 20 nitrogen and oxygen atoms in total. The lowest BCUT2D eigenvalue weighted by Crippen LogP contribution is -2.56. The molecule has 428 valence electrons. The van der Waals surface area contributed by atoms with Gasteiger partial charge in [-0.3, -0.25) is 24.2 Å². The molecule has 0 saturated carbocycles. The van der Waals surface area contributed by atoms with Gasteiger partial charge in [0.15, 0.2) is 5.82 Å². The van der Waals surface area contributed by atoms with Crippen LogP contribution in [0, 0.1) is 17.2 Å². The molecule has 0 spiro atoms. The van der Waals surface area contributed by atoms with Crippen molar-refractivity contribution in [3.63, 3.8) is 0 Å². The third kappa shape index (κ3) is 11.2. The van der Waals surface area contributed by atoms with Crippen molar-refractivity contribution in [3.8, 4) is 46.7 Å². The van der Waals surface area contributed by atoms with Crippen molar-refractivity contribution < 1.29 is 34.4 Å². The first-order chi connectivity index (χ1) is 39.7. The fourth-order valence-electron chi connectivity index (χ4n) is 12.8. The number of fused-ring (bicyclic) bond motifs is 2. The second-order valence-corrected chi connectivity index (χ2v) is 23.0. The average molecular weight is 1130 g/mol. The molecule has 0 radical (unpaired) electrons. The number of likely N-dealkylation sites (tertiary alicyclic amines) is 2. The standard InChI is InChI=1S/C61H70ClN13O7/c1-5-54(78)74-31-30-73(35-43(74)18-22-63)56-45-21-25-72(50-11-7-9-40-8-6-10-48(62)55(40)50)36-49(45)64-60(65-56)82-37-44-16-17-51(68(44)4)59(80)71-28-26-70(27-29-71)58(79)41-19-23-69(24-20-41)34-39-12-14-42(15-13-39)75-57(66-67-61(75)81)47-32-46(38(2)3)52(76)33-53(47)77/h5-15,32-33,38,41,43-44,51,76-77H,1,16-21,23-31,34-37H2,2-4H3,(H,67,81)/t43-,44+,51-/m0/s1. The summed E-state index contributed by atoms with van der Waals surface area (Å²) in [6.07, 6.45) is 5.06. The molecule has 3 atom stereocenters. The highest BCUT2D eigenvalue weighted by atomic mass is 35.5. The number of anilines is 2. The van der Waals surface area contributed by atoms with Crippen LogP contribution in [0.1, 0.15) is 74.3 Å². The van der Waals surface area contributed by atoms with E-state index in [1.807, 2.05) is 73.2 Å². The van der Waals surface area contributed by atoms with E-state index in [1.165, 1.54) is 16.7 Å². The topological polar surface area (TPSA) is 224 Å². The summed E-state index contributed by atoms with van der Waals surface area (Å²) in [4.78, 5) is 65.6. The smallest absolute Gasteiger partial charge is 0.319 e. The SMILES string of the molecule is C=CC(=O)N1CCN(c2nc(OC[C@H]3CC[C@@H](C(=O)N4CCN(C(=O)C5CCN(Cc6ccc(-n7c(O)nnc7-c7cc(C(C)C)c(O)cc7O)cc6)CC5)CC4)N3C)nc3c2CCN(c2cccc4cccc(Cl)c24)C3)C[C@@H]1CC#N. The number of phenolic OH excluding ortho intramolecular Hbond substituents is 2. The van der Waals surface area contributed by atoms with Crippen molar-refractivity contribution in [1.82, 2.24) is 49.2 Å². The van der Waals surface area contributed by atoms with Crippen molar-refractivity contribution in [1.29, 1.82) is 5.26 Å². The Morgan fingerprint density at radius 2 is 1.56 bits per heavy atom. The van der Waals surface area contributed by atoms with Crippen LogP contribution >= 0.6 is 11.6 Å². The lowest BCUT2D eigenvalue weighted by molar-refractivity contribution is -0.145. The van der Waals surface area contributed by atoms with Gasteiger partial charge in [0.2, 0.25) is 17.7 Å². The van der Waals surface area contributed by atoms with Crippen LogP contribution in [0.4, 0.5) is 11.5 Å². The van der Waals surface area contributed by atoms with Gasteiger partial charge in [0.1, 0.15) is 23.9 Å². The van der Waals surface area contributed by atoms with Gasteiger partial charge in [-0.1, -0.05) is 73.5 Å². The first-order valence-electron chi connectivity index (χ1n) is 28.5. The van der Waals surface area contributed by atoms with Crippen molar-refractivity contribution in [2.45, 2.75) is 89.5 Å². The van der Waals surface area contributed by atoms with E-state index in [-0.39, 0.29) is 90.1 Å². The molecule has 2 aromatic heterocycles. The Bertz CT molecular complexity index is 3420. The number of benzene rings is 4. The van der Waals surface area contributed by atoms with Gasteiger partial charge in [-0.05, 0) is 111 Å². The highest BCUT2D eigenvalue weighted by molar-refractivity contribution is 6.36. The normalized spacial score (nSPS) is 20.1. The van der Waals surface area contributed by atoms with E-state index in [2.05, 4.69) is 60.6 Å². The van der Waals surface area contributed by atoms with Crippen LogP contribution in [0.5, 0.6) is 23.5 Å². The van der Waals surface area contributed by atoms with E-state index in [0.717, 1.165) is 71.5 Å². The highest BCUT2D eigenvalue weighted by Crippen LogP contribution is 2.41. The fraction of sp³-hybridized carbons (Fsp3) is 0.443. The van der Waals surface area contributed by atoms with E-state index in [4.69, 9.17) is 26.3 Å². The van der Waals surface area contributed by atoms with E-state index in [9.17, 15) is 35.0 Å². The van der Waals surface area contributed by atoms with Crippen LogP contribution in [-0.4, -0.2) is 180 Å². The zero-order valence-electron chi connectivity index (χ0n) is 46.7. The predicted molar refractivity (Wildman–Crippen MR) is 311 cm³/mol. The number of rotatable bonds is 14. The van der Waals surface area contributed by atoms with Crippen molar-refractivity contribution in [2.24, 2.45) is 5.92 Å². The number of hydrogen-bond acceptors (Lipinski definition) is 16. The number of amides is 3. The quantitative estimate of drug-likeness (QED) is 0.0946. The number of nitrogens with zero attached hydrogens (tertiary/aromatic N) is 13. The molecule has 4 fully saturated rings. The fourth-order valence-corrected chi connectivity index (χ4v) is 13.0. The van der Waals surface area contributed by atoms with Gasteiger partial charge < -0.3 is 44.6 Å². The average Bonchev–Trinajstić information content (AvgIpc) is 4.03. The summed E-state index contributed by atoms with van der Waals surface area (Å²) in [5.74, 6) is 0.731. The Balaban J connectivity index is 0.682. The first kappa shape index (κ1) is 55.9. The Morgan fingerprint density at radius 3 is 2.28 bits per heavy atom. The molecule has 0 aliphatic carbocycles. The van der Waals surface area contributed by atoms with Crippen LogP contribution in [0.15, 0.2) is 85.5 Å². The third-order valence-corrected chi connectivity index (χ3v) is 17.7. The number of halogens is 1. The Morgan fingerprint density at radius 1 is 0.829 bits per heavy atom. The van der Waals surface area contributed by atoms with Gasteiger partial charge in [-0.15, -0.1) is 5.10 Å². The minimum atomic E-state index is -0.338. The third-order valence-electron chi connectivity index (χ3n) is 17.4. The number of phenols is 2. The maximum atomic E-state index is 14.2. The lowest BCUT2D eigenvalue weighted by Gasteiger charge is -2.42. The molecule has 4 aromatic carbocycles. The summed E-state index contributed by atoms with van der Waals surface area (Å²) < 4.78 is 8.00. The van der Waals surface area contributed by atoms with Crippen LogP contribution in [0.25, 0.3) is 27.8 Å². The van der Waals surface area contributed by atoms with E-state index in [1.54, 1.807) is 11.0 Å². The summed E-state index contributed by atoms with van der Waals surface area (Å²) in [5.41, 5.74) is 5.54. The number of piperazine rings is 2. The molecule has 5 aliphatic heterocycles. The second-order valence-electron chi connectivity index (χ2n) is 22.6. The van der Waals surface area contributed by atoms with E-state index >= 15 is 0 Å². The molecule has 3 amide bonds. The summed E-state index contributed by atoms with van der Waals surface area (Å²) >= 11 is 6.82. The zero-order chi connectivity index (χ0) is 57.3. The highest BCUT2D eigenvalue weighted by Gasteiger charge is 2.40. The maximum Gasteiger partial charge on any atom is 0.319 e. The molecule has 4 saturated heterocycles. The number of likely N-dealkylation sites (N-methyl/N-ethyl adjacent to an activating group) is 1. The lowest BCUT2D eigenvalue weighted by atomic mass is 9.94. The number of nitriles is 1. The minimum Gasteiger partial charge on any atom is -0.508 e. The van der Waals surface area contributed by atoms with E-state index in [0.29, 0.717) is 100 Å². The Labute approximate surface area is 482 Å². The molecule has 82 heavy (non-hydrogen) atoms. The van der Waals surface area contributed by atoms with Gasteiger partial charge in [-0.25, -0.2) is 4.57 Å². The summed E-state index contributed by atoms with van der Waals surface area (Å²) in [6.45, 7) is 14.6. The van der Waals surface area contributed by atoms with Crippen LogP contribution in [0.2, 0.25) is 5.02 Å². The molecule has 11 rings (SSSR count). The van der Waals surface area contributed by atoms with Crippen LogP contribution in [0.3, 0.4) is 0 Å². The number of aromatic hydroxyl groups is 3. The molecule has 21 heteroatoms. The number of piperidine rings is 1. The van der Waals surface area contributed by atoms with Gasteiger partial charge in [0.25, 0.3) is 0 Å². The maximum absolute atomic E-state index is 14.2. The van der Waals surface area contributed by atoms with Crippen LogP contribution < -0.4 is 14.5 Å². The summed E-state index contributed by atoms with van der Waals surface area (Å²) in [5, 5.41) is 52.4. The number of aromatic nitrogens is 5. The number of ether oxygens (including phenoxy) is 1. The Kier molecular flexibility index (Phi) is 16.3. The molecule has 5 aliphatic rings. The summed E-state index contributed by atoms with van der Waals surface area (Å²) in [6, 6.07) is 24.3. The second kappa shape index (κ2) is 23.8. The molecular weight excluding hydrogens is 1060 g/mol. The van der Waals surface area contributed by atoms with Crippen molar-refractivity contribution in [3.05, 3.63) is 113 Å². The first-order valence-corrected chi connectivity index (χ1v) is 28.9. The van der Waals surface area contributed by atoms with Crippen molar-refractivity contribution >= 4 is 51.6 Å². The molecule has 6 aromatic rings.